The van der Waals surface area contributed by atoms with Gasteiger partial charge in [0.2, 0.25) is 26.2 Å². The highest BCUT2D eigenvalue weighted by molar-refractivity contribution is 7.92. The molecule has 1 aliphatic carbocycles. The van der Waals surface area contributed by atoms with Gasteiger partial charge in [-0.15, -0.1) is 10.2 Å². The summed E-state index contributed by atoms with van der Waals surface area (Å²) in [6.45, 7) is 0. The Balaban J connectivity index is 1.58. The summed E-state index contributed by atoms with van der Waals surface area (Å²) in [5, 5.41) is 14.0. The molecule has 22 heavy (non-hydrogen) atoms. The molecule has 3 unspecified atom stereocenters. The number of sulfonamides is 1. The second kappa shape index (κ2) is 6.09. The van der Waals surface area contributed by atoms with Gasteiger partial charge in [-0.05, 0) is 25.2 Å². The van der Waals surface area contributed by atoms with Gasteiger partial charge in [-0.1, -0.05) is 24.2 Å². The average molecular weight is 345 g/mol. The first-order valence-corrected chi connectivity index (χ1v) is 10.00. The molecule has 1 aromatic heterocycles. The summed E-state index contributed by atoms with van der Waals surface area (Å²) in [4.78, 5) is 12.3. The maximum Gasteiger partial charge on any atom is 0.243 e. The number of hydrogen-bond donors (Lipinski definition) is 3. The molecule has 2 fully saturated rings. The van der Waals surface area contributed by atoms with Crippen LogP contribution in [0.5, 0.6) is 0 Å². The Morgan fingerprint density at radius 2 is 2.00 bits per heavy atom. The number of carbonyl (C=O) groups excluding carboxylic acids is 1. The molecule has 122 valence electrons. The van der Waals surface area contributed by atoms with E-state index >= 15 is 0 Å². The minimum absolute atomic E-state index is 0.128. The number of carbonyl (C=O) groups is 1. The van der Waals surface area contributed by atoms with E-state index < -0.39 is 10.0 Å². The molecule has 1 saturated heterocycles. The van der Waals surface area contributed by atoms with Gasteiger partial charge in [0.15, 0.2) is 0 Å². The van der Waals surface area contributed by atoms with E-state index in [4.69, 9.17) is 0 Å². The van der Waals surface area contributed by atoms with Crippen molar-refractivity contribution in [2.24, 2.45) is 5.92 Å². The summed E-state index contributed by atoms with van der Waals surface area (Å²) in [5.74, 6) is 0.456. The highest BCUT2D eigenvalue weighted by Crippen LogP contribution is 2.33. The summed E-state index contributed by atoms with van der Waals surface area (Å²) in [7, 11) is -3.39. The predicted molar refractivity (Wildman–Crippen MR) is 84.3 cm³/mol. The second-order valence-corrected chi connectivity index (χ2v) is 8.61. The number of anilines is 2. The van der Waals surface area contributed by atoms with E-state index in [2.05, 4.69) is 25.6 Å². The van der Waals surface area contributed by atoms with Crippen molar-refractivity contribution in [1.82, 2.24) is 15.5 Å². The first-order chi connectivity index (χ1) is 10.4. The van der Waals surface area contributed by atoms with Gasteiger partial charge in [0.25, 0.3) is 0 Å². The smallest absolute Gasteiger partial charge is 0.243 e. The van der Waals surface area contributed by atoms with Crippen molar-refractivity contribution in [3.8, 4) is 0 Å². The van der Waals surface area contributed by atoms with Crippen molar-refractivity contribution in [2.75, 3.05) is 16.3 Å². The van der Waals surface area contributed by atoms with E-state index in [9.17, 15) is 13.2 Å². The van der Waals surface area contributed by atoms with E-state index in [0.717, 1.165) is 30.4 Å². The van der Waals surface area contributed by atoms with Crippen molar-refractivity contribution < 1.29 is 13.2 Å². The molecule has 1 saturated carbocycles. The molecule has 3 atom stereocenters. The molecule has 3 rings (SSSR count). The van der Waals surface area contributed by atoms with E-state index in [1.807, 2.05) is 0 Å². The first-order valence-electron chi connectivity index (χ1n) is 7.29. The van der Waals surface area contributed by atoms with Crippen LogP contribution < -0.4 is 15.4 Å². The van der Waals surface area contributed by atoms with Gasteiger partial charge in [-0.25, -0.2) is 8.42 Å². The van der Waals surface area contributed by atoms with Gasteiger partial charge in [-0.3, -0.25) is 14.8 Å². The Labute approximate surface area is 133 Å². The van der Waals surface area contributed by atoms with Crippen LogP contribution in [0.4, 0.5) is 10.3 Å². The highest BCUT2D eigenvalue weighted by atomic mass is 32.2. The third kappa shape index (κ3) is 3.73. The van der Waals surface area contributed by atoms with E-state index in [-0.39, 0.29) is 17.1 Å². The third-order valence-electron chi connectivity index (χ3n) is 4.11. The van der Waals surface area contributed by atoms with Crippen LogP contribution in [0.2, 0.25) is 0 Å². The fourth-order valence-electron chi connectivity index (χ4n) is 3.19. The number of fused-ring (bicyclic) bond motifs is 1. The molecule has 0 spiro atoms. The Morgan fingerprint density at radius 1 is 1.27 bits per heavy atom. The van der Waals surface area contributed by atoms with Crippen molar-refractivity contribution in [2.45, 2.75) is 44.2 Å². The molecular weight excluding hydrogens is 326 g/mol. The van der Waals surface area contributed by atoms with Crippen molar-refractivity contribution >= 4 is 37.5 Å². The zero-order valence-electron chi connectivity index (χ0n) is 12.2. The van der Waals surface area contributed by atoms with Crippen molar-refractivity contribution in [3.63, 3.8) is 0 Å². The maximum absolute atomic E-state index is 12.3. The van der Waals surface area contributed by atoms with Gasteiger partial charge in [0.05, 0.1) is 12.3 Å². The first kappa shape index (κ1) is 15.6. The lowest BCUT2D eigenvalue weighted by molar-refractivity contribution is -0.117. The second-order valence-electron chi connectivity index (χ2n) is 5.88. The van der Waals surface area contributed by atoms with Gasteiger partial charge in [-0.2, -0.15) is 0 Å². The molecule has 2 aliphatic rings. The minimum Gasteiger partial charge on any atom is -0.303 e. The molecule has 0 bridgehead atoms. The fourth-order valence-corrected chi connectivity index (χ4v) is 4.66. The quantitative estimate of drug-likeness (QED) is 0.743. The summed E-state index contributed by atoms with van der Waals surface area (Å²) >= 11 is 1.00. The van der Waals surface area contributed by atoms with E-state index in [0.29, 0.717) is 17.1 Å². The molecule has 1 aliphatic heterocycles. The lowest BCUT2D eigenvalue weighted by atomic mass is 9.85. The van der Waals surface area contributed by atoms with Crippen molar-refractivity contribution in [3.05, 3.63) is 0 Å². The van der Waals surface area contributed by atoms with E-state index in [1.54, 1.807) is 0 Å². The van der Waals surface area contributed by atoms with E-state index in [1.165, 1.54) is 19.3 Å². The summed E-state index contributed by atoms with van der Waals surface area (Å²) in [6, 6.07) is 0.240. The van der Waals surface area contributed by atoms with Crippen LogP contribution >= 0.6 is 11.3 Å². The number of nitrogens with one attached hydrogen (secondary N) is 3. The Morgan fingerprint density at radius 3 is 2.73 bits per heavy atom. The predicted octanol–water partition coefficient (Wildman–Crippen LogP) is 0.769. The third-order valence-corrected chi connectivity index (χ3v) is 5.55. The lowest BCUT2D eigenvalue weighted by Gasteiger charge is -2.24. The summed E-state index contributed by atoms with van der Waals surface area (Å²) in [6.07, 6.45) is 6.67. The standard InChI is InChI=1S/C12H19N5O3S2/c1-22(19,20)17-12-16-15-11(21-12)14-10(18)9-6-7-4-2-3-5-8(7)13-9/h7-9,13H,2-6H2,1H3,(H,16,17)(H,14,15,18). The lowest BCUT2D eigenvalue weighted by Crippen LogP contribution is -2.39. The summed E-state index contributed by atoms with van der Waals surface area (Å²) in [5.41, 5.74) is 0. The van der Waals surface area contributed by atoms with Crippen molar-refractivity contribution in [1.29, 1.82) is 0 Å². The number of rotatable bonds is 4. The van der Waals surface area contributed by atoms with Crippen LogP contribution in [0.25, 0.3) is 0 Å². The highest BCUT2D eigenvalue weighted by Gasteiger charge is 2.38. The normalized spacial score (nSPS) is 28.1. The Hall–Kier alpha value is -1.26. The van der Waals surface area contributed by atoms with Crippen LogP contribution in [-0.2, 0) is 14.8 Å². The van der Waals surface area contributed by atoms with Gasteiger partial charge in [0, 0.05) is 6.04 Å². The molecule has 1 amide bonds. The Kier molecular flexibility index (Phi) is 4.33. The zero-order valence-corrected chi connectivity index (χ0v) is 13.8. The van der Waals surface area contributed by atoms with Crippen LogP contribution in [0.15, 0.2) is 0 Å². The molecule has 10 heteroatoms. The van der Waals surface area contributed by atoms with Gasteiger partial charge < -0.3 is 5.32 Å². The largest absolute Gasteiger partial charge is 0.303 e. The SMILES string of the molecule is CS(=O)(=O)Nc1nnc(NC(=O)C2CC3CCCCC3N2)s1. The topological polar surface area (TPSA) is 113 Å². The molecule has 3 N–H and O–H groups in total. The molecule has 8 nitrogen and oxygen atoms in total. The van der Waals surface area contributed by atoms with Crippen LogP contribution in [0.1, 0.15) is 32.1 Å². The molecule has 0 aromatic carbocycles. The fraction of sp³-hybridized carbons (Fsp3) is 0.750. The van der Waals surface area contributed by atoms with Gasteiger partial charge in [0.1, 0.15) is 0 Å². The number of aromatic nitrogens is 2. The molecule has 2 heterocycles. The van der Waals surface area contributed by atoms with Crippen LogP contribution in [0, 0.1) is 5.92 Å². The van der Waals surface area contributed by atoms with Gasteiger partial charge >= 0.3 is 0 Å². The summed E-state index contributed by atoms with van der Waals surface area (Å²) < 4.78 is 24.5. The molecule has 0 radical (unpaired) electrons. The number of amides is 1. The van der Waals surface area contributed by atoms with Crippen LogP contribution in [-0.4, -0.2) is 42.9 Å². The zero-order chi connectivity index (χ0) is 15.7. The molecule has 1 aromatic rings. The maximum atomic E-state index is 12.3. The number of hydrogen-bond acceptors (Lipinski definition) is 7. The minimum atomic E-state index is -3.39. The monoisotopic (exact) mass is 345 g/mol. The average Bonchev–Trinajstić information content (AvgIpc) is 3.03. The number of nitrogens with zero attached hydrogens (tertiary/aromatic N) is 2. The van der Waals surface area contributed by atoms with Crippen LogP contribution in [0.3, 0.4) is 0 Å². The Bertz CT molecular complexity index is 645. The molecular formula is C12H19N5O3S2.